The molecular weight excluding hydrogens is 296 g/mol. The maximum absolute atomic E-state index is 4.33. The van der Waals surface area contributed by atoms with Crippen LogP contribution in [0.1, 0.15) is 0 Å². The lowest BCUT2D eigenvalue weighted by molar-refractivity contribution is 1.31. The van der Waals surface area contributed by atoms with Crippen molar-refractivity contribution in [3.63, 3.8) is 0 Å². The van der Waals surface area contributed by atoms with Gasteiger partial charge in [-0.15, -0.1) is 0 Å². The summed E-state index contributed by atoms with van der Waals surface area (Å²) in [4.78, 5) is 8.67. The third kappa shape index (κ3) is 2.90. The van der Waals surface area contributed by atoms with E-state index in [1.54, 1.807) is 12.4 Å². The summed E-state index contributed by atoms with van der Waals surface area (Å²) in [5.41, 5.74) is 2.05. The maximum atomic E-state index is 4.33. The minimum atomic E-state index is 0.827. The first-order valence-corrected chi connectivity index (χ1v) is 7.78. The van der Waals surface area contributed by atoms with Crippen LogP contribution in [-0.2, 0) is 0 Å². The van der Waals surface area contributed by atoms with E-state index in [9.17, 15) is 0 Å². The molecule has 0 fully saturated rings. The summed E-state index contributed by atoms with van der Waals surface area (Å²) < 4.78 is 0. The number of fused-ring (bicyclic) bond motifs is 1. The Morgan fingerprint density at radius 2 is 1.00 bits per heavy atom. The highest BCUT2D eigenvalue weighted by molar-refractivity contribution is 6.02. The lowest BCUT2D eigenvalue weighted by atomic mass is 10.1. The van der Waals surface area contributed by atoms with E-state index < -0.39 is 0 Å². The van der Waals surface area contributed by atoms with Crippen LogP contribution in [0.4, 0.5) is 23.0 Å². The SMILES string of the molecule is c1ccc(Nc2cccc3c(Nc4ccccn4)cccc23)nc1. The van der Waals surface area contributed by atoms with Crippen LogP contribution >= 0.6 is 0 Å². The van der Waals surface area contributed by atoms with Crippen LogP contribution in [0, 0.1) is 0 Å². The highest BCUT2D eigenvalue weighted by atomic mass is 15.0. The minimum absolute atomic E-state index is 0.827. The van der Waals surface area contributed by atoms with Gasteiger partial charge in [-0.05, 0) is 36.4 Å². The molecule has 0 bridgehead atoms. The van der Waals surface area contributed by atoms with Crippen molar-refractivity contribution in [2.45, 2.75) is 0 Å². The number of hydrogen-bond acceptors (Lipinski definition) is 4. The topological polar surface area (TPSA) is 49.8 Å². The molecule has 0 unspecified atom stereocenters. The van der Waals surface area contributed by atoms with Gasteiger partial charge in [0.1, 0.15) is 11.6 Å². The van der Waals surface area contributed by atoms with Gasteiger partial charge in [0.15, 0.2) is 0 Å². The number of hydrogen-bond donors (Lipinski definition) is 2. The molecule has 4 rings (SSSR count). The lowest BCUT2D eigenvalue weighted by Gasteiger charge is -2.13. The van der Waals surface area contributed by atoms with Crippen molar-refractivity contribution in [3.8, 4) is 0 Å². The quantitative estimate of drug-likeness (QED) is 0.549. The fourth-order valence-corrected chi connectivity index (χ4v) is 2.68. The van der Waals surface area contributed by atoms with Crippen LogP contribution < -0.4 is 10.6 Å². The molecule has 24 heavy (non-hydrogen) atoms. The second kappa shape index (κ2) is 6.38. The molecule has 0 amide bonds. The zero-order valence-electron chi connectivity index (χ0n) is 13.0. The number of nitrogens with zero attached hydrogens (tertiary/aromatic N) is 2. The van der Waals surface area contributed by atoms with E-state index in [1.807, 2.05) is 48.5 Å². The Balaban J connectivity index is 1.74. The Morgan fingerprint density at radius 3 is 1.42 bits per heavy atom. The van der Waals surface area contributed by atoms with Gasteiger partial charge < -0.3 is 10.6 Å². The molecule has 0 aliphatic carbocycles. The molecule has 116 valence electrons. The summed E-state index contributed by atoms with van der Waals surface area (Å²) in [6.45, 7) is 0. The van der Waals surface area contributed by atoms with Gasteiger partial charge in [-0.2, -0.15) is 0 Å². The second-order valence-electron chi connectivity index (χ2n) is 5.39. The van der Waals surface area contributed by atoms with Crippen molar-refractivity contribution in [2.24, 2.45) is 0 Å². The van der Waals surface area contributed by atoms with Gasteiger partial charge in [0.05, 0.1) is 0 Å². The molecule has 4 nitrogen and oxygen atoms in total. The zero-order valence-corrected chi connectivity index (χ0v) is 13.0. The van der Waals surface area contributed by atoms with E-state index in [1.165, 1.54) is 0 Å². The first-order valence-electron chi connectivity index (χ1n) is 7.78. The Labute approximate surface area is 140 Å². The Kier molecular flexibility index (Phi) is 3.78. The molecule has 0 aliphatic heterocycles. The second-order valence-corrected chi connectivity index (χ2v) is 5.39. The molecule has 0 saturated carbocycles. The highest BCUT2D eigenvalue weighted by Gasteiger charge is 2.06. The van der Waals surface area contributed by atoms with Gasteiger partial charge in [-0.1, -0.05) is 36.4 Å². The van der Waals surface area contributed by atoms with Gasteiger partial charge in [0, 0.05) is 34.5 Å². The molecule has 0 saturated heterocycles. The third-order valence-corrected chi connectivity index (χ3v) is 3.78. The Bertz CT molecular complexity index is 872. The molecule has 0 radical (unpaired) electrons. The van der Waals surface area contributed by atoms with Gasteiger partial charge >= 0.3 is 0 Å². The third-order valence-electron chi connectivity index (χ3n) is 3.78. The predicted octanol–water partition coefficient (Wildman–Crippen LogP) is 5.12. The average Bonchev–Trinajstić information content (AvgIpc) is 2.64. The Hall–Kier alpha value is -3.40. The summed E-state index contributed by atoms with van der Waals surface area (Å²) >= 11 is 0. The van der Waals surface area contributed by atoms with Crippen LogP contribution in [0.5, 0.6) is 0 Å². The van der Waals surface area contributed by atoms with Crippen LogP contribution in [0.15, 0.2) is 85.2 Å². The first-order chi connectivity index (χ1) is 11.9. The van der Waals surface area contributed by atoms with Crippen molar-refractivity contribution in [3.05, 3.63) is 85.2 Å². The largest absolute Gasteiger partial charge is 0.340 e. The molecule has 0 atom stereocenters. The summed E-state index contributed by atoms with van der Waals surface area (Å²) in [6, 6.07) is 24.0. The maximum Gasteiger partial charge on any atom is 0.130 e. The van der Waals surface area contributed by atoms with E-state index in [0.29, 0.717) is 0 Å². The van der Waals surface area contributed by atoms with E-state index in [4.69, 9.17) is 0 Å². The van der Waals surface area contributed by atoms with Crippen LogP contribution in [0.25, 0.3) is 10.8 Å². The number of aromatic nitrogens is 2. The lowest BCUT2D eigenvalue weighted by Crippen LogP contribution is -1.96. The molecule has 0 aliphatic rings. The van der Waals surface area contributed by atoms with E-state index in [-0.39, 0.29) is 0 Å². The van der Waals surface area contributed by atoms with Crippen molar-refractivity contribution in [1.29, 1.82) is 0 Å². The zero-order chi connectivity index (χ0) is 16.2. The fourth-order valence-electron chi connectivity index (χ4n) is 2.68. The van der Waals surface area contributed by atoms with Crippen molar-refractivity contribution in [2.75, 3.05) is 10.6 Å². The van der Waals surface area contributed by atoms with E-state index >= 15 is 0 Å². The number of nitrogens with one attached hydrogen (secondary N) is 2. The molecule has 2 aromatic carbocycles. The predicted molar refractivity (Wildman–Crippen MR) is 99.0 cm³/mol. The summed E-state index contributed by atoms with van der Waals surface area (Å²) in [5.74, 6) is 1.65. The van der Waals surface area contributed by atoms with Crippen LogP contribution in [0.3, 0.4) is 0 Å². The highest BCUT2D eigenvalue weighted by Crippen LogP contribution is 2.31. The fraction of sp³-hybridized carbons (Fsp3) is 0. The van der Waals surface area contributed by atoms with Gasteiger partial charge in [-0.3, -0.25) is 0 Å². The summed E-state index contributed by atoms with van der Waals surface area (Å²) in [6.07, 6.45) is 3.56. The smallest absolute Gasteiger partial charge is 0.130 e. The number of rotatable bonds is 4. The van der Waals surface area contributed by atoms with Gasteiger partial charge in [0.25, 0.3) is 0 Å². The molecule has 4 heteroatoms. The summed E-state index contributed by atoms with van der Waals surface area (Å²) in [7, 11) is 0. The first kappa shape index (κ1) is 14.2. The van der Waals surface area contributed by atoms with Gasteiger partial charge in [0.2, 0.25) is 0 Å². The van der Waals surface area contributed by atoms with Crippen molar-refractivity contribution in [1.82, 2.24) is 9.97 Å². The molecule has 4 aromatic rings. The Morgan fingerprint density at radius 1 is 0.500 bits per heavy atom. The van der Waals surface area contributed by atoms with E-state index in [2.05, 4.69) is 44.9 Å². The van der Waals surface area contributed by atoms with E-state index in [0.717, 1.165) is 33.8 Å². The normalized spacial score (nSPS) is 10.5. The van der Waals surface area contributed by atoms with Crippen LogP contribution in [-0.4, -0.2) is 9.97 Å². The number of anilines is 4. The monoisotopic (exact) mass is 312 g/mol. The molecule has 2 N–H and O–H groups in total. The van der Waals surface area contributed by atoms with Crippen molar-refractivity contribution < 1.29 is 0 Å². The molecule has 0 spiro atoms. The molecule has 2 aromatic heterocycles. The molecule has 2 heterocycles. The van der Waals surface area contributed by atoms with Gasteiger partial charge in [-0.25, -0.2) is 9.97 Å². The van der Waals surface area contributed by atoms with Crippen LogP contribution in [0.2, 0.25) is 0 Å². The number of pyridine rings is 2. The standard InChI is InChI=1S/C20H16N4/c1-3-13-21-19(11-1)23-17-9-5-8-16-15(17)7-6-10-18(16)24-20-12-2-4-14-22-20/h1-14H,(H,21,23)(H,22,24). The summed E-state index contributed by atoms with van der Waals surface area (Å²) in [5, 5.41) is 9.02. The molecular formula is C20H16N4. The average molecular weight is 312 g/mol. The number of benzene rings is 2. The minimum Gasteiger partial charge on any atom is -0.340 e. The van der Waals surface area contributed by atoms with Crippen molar-refractivity contribution >= 4 is 33.8 Å².